The highest BCUT2D eigenvalue weighted by atomic mass is 16.1. The zero-order chi connectivity index (χ0) is 21.5. The molecule has 31 heavy (non-hydrogen) atoms. The third-order valence-electron chi connectivity index (χ3n) is 5.01. The van der Waals surface area contributed by atoms with Crippen LogP contribution in [0.5, 0.6) is 0 Å². The van der Waals surface area contributed by atoms with Crippen LogP contribution in [0.2, 0.25) is 0 Å². The smallest absolute Gasteiger partial charge is 0.229 e. The van der Waals surface area contributed by atoms with E-state index < -0.39 is 0 Å². The summed E-state index contributed by atoms with van der Waals surface area (Å²) in [5.74, 6) is 0.401. The molecule has 1 heterocycles. The highest BCUT2D eigenvalue weighted by Gasteiger charge is 2.13. The molecule has 3 aromatic carbocycles. The molecule has 0 spiro atoms. The maximum atomic E-state index is 12.6. The van der Waals surface area contributed by atoms with Crippen LogP contribution in [0, 0.1) is 0 Å². The summed E-state index contributed by atoms with van der Waals surface area (Å²) >= 11 is 0. The SMILES string of the molecule is Nc1ccc(-c2cnc(NC(=O)Cc3ccccc3)c(CCc3ccccc3)n2)cc1. The van der Waals surface area contributed by atoms with E-state index in [1.165, 1.54) is 5.56 Å². The number of amides is 1. The van der Waals surface area contributed by atoms with Gasteiger partial charge in [-0.2, -0.15) is 0 Å². The fraction of sp³-hybridized carbons (Fsp3) is 0.115. The first-order chi connectivity index (χ1) is 15.2. The van der Waals surface area contributed by atoms with Gasteiger partial charge in [-0.3, -0.25) is 4.79 Å². The van der Waals surface area contributed by atoms with Crippen LogP contribution in [0.25, 0.3) is 11.3 Å². The molecule has 0 aliphatic heterocycles. The molecule has 0 unspecified atom stereocenters. The second kappa shape index (κ2) is 9.67. The van der Waals surface area contributed by atoms with Crippen molar-refractivity contribution in [2.45, 2.75) is 19.3 Å². The number of nitrogens with two attached hydrogens (primary N) is 1. The van der Waals surface area contributed by atoms with Crippen molar-refractivity contribution in [3.05, 3.63) is 108 Å². The van der Waals surface area contributed by atoms with E-state index in [2.05, 4.69) is 22.4 Å². The summed E-state index contributed by atoms with van der Waals surface area (Å²) in [5.41, 5.74) is 11.1. The van der Waals surface area contributed by atoms with E-state index in [4.69, 9.17) is 10.7 Å². The molecule has 0 aliphatic carbocycles. The van der Waals surface area contributed by atoms with Crippen LogP contribution in [-0.4, -0.2) is 15.9 Å². The first-order valence-corrected chi connectivity index (χ1v) is 10.3. The molecule has 0 saturated carbocycles. The lowest BCUT2D eigenvalue weighted by atomic mass is 10.1. The highest BCUT2D eigenvalue weighted by molar-refractivity contribution is 5.92. The average molecular weight is 409 g/mol. The lowest BCUT2D eigenvalue weighted by molar-refractivity contribution is -0.115. The number of rotatable bonds is 7. The quantitative estimate of drug-likeness (QED) is 0.435. The molecule has 4 aromatic rings. The van der Waals surface area contributed by atoms with Crippen LogP contribution in [0.1, 0.15) is 16.8 Å². The summed E-state index contributed by atoms with van der Waals surface area (Å²) in [5, 5.41) is 2.95. The van der Waals surface area contributed by atoms with E-state index in [1.807, 2.05) is 72.8 Å². The predicted octanol–water partition coefficient (Wildman–Crippen LogP) is 4.69. The standard InChI is InChI=1S/C26H24N4O/c27-22-14-12-21(13-15-22)24-18-28-26(30-25(31)17-20-9-5-2-6-10-20)23(29-24)16-11-19-7-3-1-4-8-19/h1-10,12-15,18H,11,16-17,27H2,(H,28,30,31). The predicted molar refractivity (Wildman–Crippen MR) is 125 cm³/mol. The van der Waals surface area contributed by atoms with Crippen LogP contribution in [0.15, 0.2) is 91.1 Å². The van der Waals surface area contributed by atoms with E-state index in [0.717, 1.165) is 28.9 Å². The monoisotopic (exact) mass is 408 g/mol. The molecule has 0 bridgehead atoms. The Morgan fingerprint density at radius 1 is 0.806 bits per heavy atom. The van der Waals surface area contributed by atoms with Gasteiger partial charge >= 0.3 is 0 Å². The zero-order valence-corrected chi connectivity index (χ0v) is 17.2. The number of nitrogen functional groups attached to an aromatic ring is 1. The molecule has 5 nitrogen and oxygen atoms in total. The first kappa shape index (κ1) is 20.3. The van der Waals surface area contributed by atoms with Gasteiger partial charge in [0.25, 0.3) is 0 Å². The van der Waals surface area contributed by atoms with Crippen LogP contribution in [0.4, 0.5) is 11.5 Å². The first-order valence-electron chi connectivity index (χ1n) is 10.3. The van der Waals surface area contributed by atoms with Gasteiger partial charge in [0.2, 0.25) is 5.91 Å². The highest BCUT2D eigenvalue weighted by Crippen LogP contribution is 2.22. The van der Waals surface area contributed by atoms with Crippen molar-refractivity contribution in [1.82, 2.24) is 9.97 Å². The van der Waals surface area contributed by atoms with Gasteiger partial charge in [-0.25, -0.2) is 9.97 Å². The Morgan fingerprint density at radius 3 is 2.13 bits per heavy atom. The van der Waals surface area contributed by atoms with Crippen molar-refractivity contribution in [3.63, 3.8) is 0 Å². The number of aromatic nitrogens is 2. The maximum Gasteiger partial charge on any atom is 0.229 e. The van der Waals surface area contributed by atoms with Gasteiger partial charge in [-0.05, 0) is 36.1 Å². The van der Waals surface area contributed by atoms with Gasteiger partial charge in [0.1, 0.15) is 0 Å². The molecule has 3 N–H and O–H groups in total. The lowest BCUT2D eigenvalue weighted by Gasteiger charge is -2.12. The van der Waals surface area contributed by atoms with Gasteiger partial charge < -0.3 is 11.1 Å². The van der Waals surface area contributed by atoms with Crippen molar-refractivity contribution in [2.24, 2.45) is 0 Å². The topological polar surface area (TPSA) is 80.9 Å². The van der Waals surface area contributed by atoms with Crippen molar-refractivity contribution < 1.29 is 4.79 Å². The summed E-state index contributed by atoms with van der Waals surface area (Å²) in [6.45, 7) is 0. The number of anilines is 2. The number of hydrogen-bond acceptors (Lipinski definition) is 4. The van der Waals surface area contributed by atoms with Gasteiger partial charge in [-0.1, -0.05) is 72.8 Å². The molecule has 0 saturated heterocycles. The van der Waals surface area contributed by atoms with E-state index in [-0.39, 0.29) is 5.91 Å². The van der Waals surface area contributed by atoms with Crippen molar-refractivity contribution in [1.29, 1.82) is 0 Å². The molecule has 5 heteroatoms. The molecule has 154 valence electrons. The molecule has 1 aromatic heterocycles. The van der Waals surface area contributed by atoms with E-state index in [0.29, 0.717) is 24.3 Å². The third kappa shape index (κ3) is 5.54. The van der Waals surface area contributed by atoms with Gasteiger partial charge in [-0.15, -0.1) is 0 Å². The largest absolute Gasteiger partial charge is 0.399 e. The fourth-order valence-corrected chi connectivity index (χ4v) is 3.36. The van der Waals surface area contributed by atoms with Crippen LogP contribution >= 0.6 is 0 Å². The molecule has 0 aliphatic rings. The van der Waals surface area contributed by atoms with Crippen molar-refractivity contribution in [3.8, 4) is 11.3 Å². The Balaban J connectivity index is 1.57. The Morgan fingerprint density at radius 2 is 1.45 bits per heavy atom. The van der Waals surface area contributed by atoms with Crippen molar-refractivity contribution >= 4 is 17.4 Å². The number of hydrogen-bond donors (Lipinski definition) is 2. The molecule has 0 atom stereocenters. The Kier molecular flexibility index (Phi) is 6.33. The normalized spacial score (nSPS) is 10.6. The van der Waals surface area contributed by atoms with Crippen LogP contribution in [-0.2, 0) is 24.1 Å². The Bertz CT molecular complexity index is 1140. The minimum Gasteiger partial charge on any atom is -0.399 e. The fourth-order valence-electron chi connectivity index (χ4n) is 3.36. The summed E-state index contributed by atoms with van der Waals surface area (Å²) in [4.78, 5) is 22.0. The number of benzene rings is 3. The number of carbonyl (C=O) groups excluding carboxylic acids is 1. The van der Waals surface area contributed by atoms with E-state index in [1.54, 1.807) is 6.20 Å². The van der Waals surface area contributed by atoms with E-state index in [9.17, 15) is 4.79 Å². The maximum absolute atomic E-state index is 12.6. The second-order valence-corrected chi connectivity index (χ2v) is 7.37. The molecule has 0 radical (unpaired) electrons. The zero-order valence-electron chi connectivity index (χ0n) is 17.2. The van der Waals surface area contributed by atoms with Gasteiger partial charge in [0, 0.05) is 11.3 Å². The second-order valence-electron chi connectivity index (χ2n) is 7.37. The Hall–Kier alpha value is -3.99. The van der Waals surface area contributed by atoms with Gasteiger partial charge in [0.05, 0.1) is 24.0 Å². The lowest BCUT2D eigenvalue weighted by Crippen LogP contribution is -2.17. The number of carbonyl (C=O) groups is 1. The number of aryl methyl sites for hydroxylation is 2. The van der Waals surface area contributed by atoms with Gasteiger partial charge in [0.15, 0.2) is 5.82 Å². The molecule has 1 amide bonds. The van der Waals surface area contributed by atoms with Crippen LogP contribution < -0.4 is 11.1 Å². The number of nitrogens with one attached hydrogen (secondary N) is 1. The minimum absolute atomic E-state index is 0.110. The summed E-state index contributed by atoms with van der Waals surface area (Å²) < 4.78 is 0. The van der Waals surface area contributed by atoms with Crippen LogP contribution in [0.3, 0.4) is 0 Å². The number of nitrogens with zero attached hydrogens (tertiary/aromatic N) is 2. The van der Waals surface area contributed by atoms with Crippen molar-refractivity contribution in [2.75, 3.05) is 11.1 Å². The van der Waals surface area contributed by atoms with E-state index >= 15 is 0 Å². The summed E-state index contributed by atoms with van der Waals surface area (Å²) in [6, 6.07) is 27.4. The third-order valence-corrected chi connectivity index (χ3v) is 5.01. The molecule has 0 fully saturated rings. The molecular formula is C26H24N4O. The molecule has 4 rings (SSSR count). The minimum atomic E-state index is -0.110. The Labute approximate surface area is 182 Å². The molecular weight excluding hydrogens is 384 g/mol. The average Bonchev–Trinajstić information content (AvgIpc) is 2.80. The summed E-state index contributed by atoms with van der Waals surface area (Å²) in [6.07, 6.45) is 3.46. The summed E-state index contributed by atoms with van der Waals surface area (Å²) in [7, 11) is 0.